The number of aryl methyl sites for hydroxylation is 1. The van der Waals surface area contributed by atoms with Crippen molar-refractivity contribution >= 4 is 29.6 Å². The molecule has 0 spiro atoms. The standard InChI is InChI=1S/C10H13ClN2OS/c1-7-4-5-8(6-9(7)11)15-12-10(14)13(2)3/h4-6H,1-3H3,(H,12,14). The van der Waals surface area contributed by atoms with Crippen LogP contribution in [0, 0.1) is 6.92 Å². The molecule has 0 saturated heterocycles. The Morgan fingerprint density at radius 2 is 2.13 bits per heavy atom. The van der Waals surface area contributed by atoms with Gasteiger partial charge in [0.2, 0.25) is 0 Å². The second-order valence-electron chi connectivity index (χ2n) is 3.31. The molecule has 2 amide bonds. The molecule has 0 aromatic heterocycles. The summed E-state index contributed by atoms with van der Waals surface area (Å²) in [6.45, 7) is 1.94. The summed E-state index contributed by atoms with van der Waals surface area (Å²) >= 11 is 7.21. The third-order valence-electron chi connectivity index (χ3n) is 1.81. The Labute approximate surface area is 98.9 Å². The summed E-state index contributed by atoms with van der Waals surface area (Å²) in [6.07, 6.45) is 0. The van der Waals surface area contributed by atoms with Crippen LogP contribution < -0.4 is 4.72 Å². The number of hydrogen-bond acceptors (Lipinski definition) is 2. The zero-order chi connectivity index (χ0) is 11.4. The van der Waals surface area contributed by atoms with E-state index in [1.165, 1.54) is 16.8 Å². The van der Waals surface area contributed by atoms with Gasteiger partial charge in [0, 0.05) is 24.0 Å². The van der Waals surface area contributed by atoms with Crippen LogP contribution in [0.3, 0.4) is 0 Å². The smallest absolute Gasteiger partial charge is 0.327 e. The lowest BCUT2D eigenvalue weighted by atomic mass is 10.2. The first-order valence-corrected chi connectivity index (χ1v) is 5.60. The predicted octanol–water partition coefficient (Wildman–Crippen LogP) is 2.93. The van der Waals surface area contributed by atoms with E-state index >= 15 is 0 Å². The van der Waals surface area contributed by atoms with Gasteiger partial charge in [0.05, 0.1) is 0 Å². The molecule has 0 bridgehead atoms. The molecule has 82 valence electrons. The fourth-order valence-corrected chi connectivity index (χ4v) is 1.78. The molecule has 0 fully saturated rings. The molecule has 15 heavy (non-hydrogen) atoms. The summed E-state index contributed by atoms with van der Waals surface area (Å²) in [5.74, 6) is 0. The summed E-state index contributed by atoms with van der Waals surface area (Å²) in [5, 5.41) is 0.708. The van der Waals surface area contributed by atoms with E-state index in [2.05, 4.69) is 4.72 Å². The van der Waals surface area contributed by atoms with Gasteiger partial charge in [-0.1, -0.05) is 17.7 Å². The monoisotopic (exact) mass is 244 g/mol. The average molecular weight is 245 g/mol. The van der Waals surface area contributed by atoms with Crippen LogP contribution in [0.4, 0.5) is 4.79 Å². The second kappa shape index (κ2) is 5.28. The molecule has 1 N–H and O–H groups in total. The molecule has 0 aliphatic carbocycles. The number of carbonyl (C=O) groups is 1. The Morgan fingerprint density at radius 1 is 1.47 bits per heavy atom. The summed E-state index contributed by atoms with van der Waals surface area (Å²) in [6, 6.07) is 5.53. The van der Waals surface area contributed by atoms with Crippen molar-refractivity contribution in [3.05, 3.63) is 28.8 Å². The van der Waals surface area contributed by atoms with Crippen molar-refractivity contribution < 1.29 is 4.79 Å². The Hall–Kier alpha value is -0.870. The van der Waals surface area contributed by atoms with Crippen LogP contribution in [0.15, 0.2) is 23.1 Å². The van der Waals surface area contributed by atoms with E-state index < -0.39 is 0 Å². The van der Waals surface area contributed by atoms with Crippen LogP contribution >= 0.6 is 23.5 Å². The van der Waals surface area contributed by atoms with E-state index in [0.29, 0.717) is 5.02 Å². The first-order valence-electron chi connectivity index (χ1n) is 4.41. The number of rotatable bonds is 2. The van der Waals surface area contributed by atoms with Gasteiger partial charge in [0.1, 0.15) is 0 Å². The van der Waals surface area contributed by atoms with Gasteiger partial charge in [-0.3, -0.25) is 4.72 Å². The Bertz CT molecular complexity index is 368. The number of carbonyl (C=O) groups excluding carboxylic acids is 1. The van der Waals surface area contributed by atoms with E-state index in [1.807, 2.05) is 25.1 Å². The first-order chi connectivity index (χ1) is 7.00. The second-order valence-corrected chi connectivity index (χ2v) is 4.60. The topological polar surface area (TPSA) is 32.3 Å². The molecule has 0 radical (unpaired) electrons. The molecular weight excluding hydrogens is 232 g/mol. The first kappa shape index (κ1) is 12.2. The molecule has 1 aromatic carbocycles. The van der Waals surface area contributed by atoms with Crippen molar-refractivity contribution in [2.75, 3.05) is 14.1 Å². The van der Waals surface area contributed by atoms with Gasteiger partial charge in [-0.2, -0.15) is 0 Å². The average Bonchev–Trinajstić information content (AvgIpc) is 2.19. The molecule has 0 aliphatic heterocycles. The number of nitrogens with one attached hydrogen (secondary N) is 1. The van der Waals surface area contributed by atoms with Gasteiger partial charge in [-0.05, 0) is 36.6 Å². The number of benzene rings is 1. The molecule has 3 nitrogen and oxygen atoms in total. The molecule has 0 aliphatic rings. The van der Waals surface area contributed by atoms with E-state index in [4.69, 9.17) is 11.6 Å². The van der Waals surface area contributed by atoms with Crippen molar-refractivity contribution in [2.24, 2.45) is 0 Å². The van der Waals surface area contributed by atoms with Gasteiger partial charge in [0.25, 0.3) is 0 Å². The summed E-state index contributed by atoms with van der Waals surface area (Å²) in [5.41, 5.74) is 1.03. The quantitative estimate of drug-likeness (QED) is 0.812. The molecular formula is C10H13ClN2OS. The van der Waals surface area contributed by atoms with Gasteiger partial charge in [-0.15, -0.1) is 0 Å². The Kier molecular flexibility index (Phi) is 4.29. The lowest BCUT2D eigenvalue weighted by Crippen LogP contribution is -2.29. The lowest BCUT2D eigenvalue weighted by molar-refractivity contribution is 0.224. The van der Waals surface area contributed by atoms with Crippen LogP contribution in [0.25, 0.3) is 0 Å². The number of urea groups is 1. The van der Waals surface area contributed by atoms with Crippen LogP contribution in [0.1, 0.15) is 5.56 Å². The SMILES string of the molecule is Cc1ccc(SNC(=O)N(C)C)cc1Cl. The van der Waals surface area contributed by atoms with Crippen LogP contribution in [0.5, 0.6) is 0 Å². The zero-order valence-corrected chi connectivity index (χ0v) is 10.4. The Balaban J connectivity index is 2.58. The lowest BCUT2D eigenvalue weighted by Gasteiger charge is -2.11. The minimum atomic E-state index is -0.142. The van der Waals surface area contributed by atoms with E-state index in [-0.39, 0.29) is 6.03 Å². The predicted molar refractivity (Wildman–Crippen MR) is 64.3 cm³/mol. The molecule has 0 heterocycles. The number of halogens is 1. The highest BCUT2D eigenvalue weighted by Crippen LogP contribution is 2.22. The largest absolute Gasteiger partial charge is 0.330 e. The van der Waals surface area contributed by atoms with Crippen molar-refractivity contribution in [1.29, 1.82) is 0 Å². The summed E-state index contributed by atoms with van der Waals surface area (Å²) in [4.78, 5) is 13.6. The third-order valence-corrected chi connectivity index (χ3v) is 2.98. The fourth-order valence-electron chi connectivity index (χ4n) is 0.831. The maximum atomic E-state index is 11.2. The fraction of sp³-hybridized carbons (Fsp3) is 0.300. The molecule has 0 unspecified atom stereocenters. The maximum absolute atomic E-state index is 11.2. The number of nitrogens with zero attached hydrogens (tertiary/aromatic N) is 1. The highest BCUT2D eigenvalue weighted by molar-refractivity contribution is 7.98. The van der Waals surface area contributed by atoms with Crippen LogP contribution in [-0.4, -0.2) is 25.0 Å². The van der Waals surface area contributed by atoms with Crippen LogP contribution in [-0.2, 0) is 0 Å². The van der Waals surface area contributed by atoms with E-state index in [1.54, 1.807) is 14.1 Å². The molecule has 1 rings (SSSR count). The Morgan fingerprint density at radius 3 is 2.67 bits per heavy atom. The van der Waals surface area contributed by atoms with E-state index in [0.717, 1.165) is 10.5 Å². The molecule has 0 saturated carbocycles. The number of hydrogen-bond donors (Lipinski definition) is 1. The van der Waals surface area contributed by atoms with Crippen molar-refractivity contribution in [1.82, 2.24) is 9.62 Å². The molecule has 5 heteroatoms. The van der Waals surface area contributed by atoms with Crippen molar-refractivity contribution in [3.8, 4) is 0 Å². The minimum Gasteiger partial charge on any atom is -0.330 e. The maximum Gasteiger partial charge on any atom is 0.327 e. The van der Waals surface area contributed by atoms with Gasteiger partial charge >= 0.3 is 6.03 Å². The van der Waals surface area contributed by atoms with E-state index in [9.17, 15) is 4.79 Å². The van der Waals surface area contributed by atoms with Crippen molar-refractivity contribution in [2.45, 2.75) is 11.8 Å². The van der Waals surface area contributed by atoms with Gasteiger partial charge in [-0.25, -0.2) is 4.79 Å². The third kappa shape index (κ3) is 3.64. The minimum absolute atomic E-state index is 0.142. The van der Waals surface area contributed by atoms with Crippen LogP contribution in [0.2, 0.25) is 5.02 Å². The highest BCUT2D eigenvalue weighted by atomic mass is 35.5. The molecule has 0 atom stereocenters. The summed E-state index contributed by atoms with van der Waals surface area (Å²) < 4.78 is 2.69. The van der Waals surface area contributed by atoms with Crippen molar-refractivity contribution in [3.63, 3.8) is 0 Å². The summed E-state index contributed by atoms with van der Waals surface area (Å²) in [7, 11) is 3.38. The van der Waals surface area contributed by atoms with Gasteiger partial charge in [0.15, 0.2) is 0 Å². The normalized spacial score (nSPS) is 9.87. The number of amides is 2. The highest BCUT2D eigenvalue weighted by Gasteiger charge is 2.04. The van der Waals surface area contributed by atoms with Gasteiger partial charge < -0.3 is 4.90 Å². The molecule has 1 aromatic rings. The zero-order valence-electron chi connectivity index (χ0n) is 8.87.